The van der Waals surface area contributed by atoms with Gasteiger partial charge in [-0.1, -0.05) is 6.07 Å². The van der Waals surface area contributed by atoms with Crippen molar-refractivity contribution in [3.8, 4) is 22.1 Å². The van der Waals surface area contributed by atoms with E-state index in [0.717, 1.165) is 15.6 Å². The molecule has 0 saturated carbocycles. The van der Waals surface area contributed by atoms with Gasteiger partial charge in [-0.2, -0.15) is 5.10 Å². The number of hydrogen-bond acceptors (Lipinski definition) is 8. The van der Waals surface area contributed by atoms with Gasteiger partial charge >= 0.3 is 5.97 Å². The first-order valence-electron chi connectivity index (χ1n) is 8.20. The molecule has 27 heavy (non-hydrogen) atoms. The summed E-state index contributed by atoms with van der Waals surface area (Å²) in [4.78, 5) is 28.1. The van der Waals surface area contributed by atoms with Gasteiger partial charge in [-0.15, -0.1) is 11.3 Å². The Kier molecular flexibility index (Phi) is 5.70. The number of aromatic nitrogens is 1. The van der Waals surface area contributed by atoms with Crippen molar-refractivity contribution in [1.29, 1.82) is 0 Å². The van der Waals surface area contributed by atoms with Gasteiger partial charge in [0.2, 0.25) is 5.91 Å². The molecule has 0 bridgehead atoms. The molecule has 8 nitrogen and oxygen atoms in total. The Morgan fingerprint density at radius 1 is 1.26 bits per heavy atom. The van der Waals surface area contributed by atoms with Crippen LogP contribution in [-0.4, -0.2) is 48.8 Å². The van der Waals surface area contributed by atoms with Crippen LogP contribution < -0.4 is 9.47 Å². The monoisotopic (exact) mass is 389 g/mol. The summed E-state index contributed by atoms with van der Waals surface area (Å²) in [5.74, 6) is 0.556. The van der Waals surface area contributed by atoms with E-state index in [-0.39, 0.29) is 31.1 Å². The summed E-state index contributed by atoms with van der Waals surface area (Å²) in [6.07, 6.45) is 0.534. The zero-order valence-corrected chi connectivity index (χ0v) is 16.0. The first kappa shape index (κ1) is 18.8. The van der Waals surface area contributed by atoms with Crippen molar-refractivity contribution >= 4 is 28.9 Å². The second-order valence-corrected chi connectivity index (χ2v) is 6.58. The Hall–Kier alpha value is -2.94. The first-order chi connectivity index (χ1) is 13.0. The van der Waals surface area contributed by atoms with E-state index in [9.17, 15) is 9.59 Å². The quantitative estimate of drug-likeness (QED) is 0.705. The van der Waals surface area contributed by atoms with Gasteiger partial charge < -0.3 is 14.2 Å². The maximum absolute atomic E-state index is 12.1. The van der Waals surface area contributed by atoms with E-state index in [2.05, 4.69) is 10.1 Å². The number of hydrogen-bond donors (Lipinski definition) is 0. The average molecular weight is 389 g/mol. The van der Waals surface area contributed by atoms with Crippen LogP contribution in [0, 0.1) is 0 Å². The molecule has 3 rings (SSSR count). The van der Waals surface area contributed by atoms with E-state index in [1.807, 2.05) is 23.6 Å². The number of ether oxygens (including phenoxy) is 3. The third-order valence-electron chi connectivity index (χ3n) is 3.98. The molecule has 1 aromatic heterocycles. The molecule has 1 aliphatic heterocycles. The minimum Gasteiger partial charge on any atom is -0.493 e. The number of carbonyl (C=O) groups is 2. The molecular formula is C18H19N3O5S. The highest BCUT2D eigenvalue weighted by atomic mass is 32.1. The zero-order valence-electron chi connectivity index (χ0n) is 15.2. The lowest BCUT2D eigenvalue weighted by Gasteiger charge is -2.18. The van der Waals surface area contributed by atoms with Crippen molar-refractivity contribution in [1.82, 2.24) is 9.99 Å². The van der Waals surface area contributed by atoms with Crippen LogP contribution in [0.25, 0.3) is 10.6 Å². The normalized spacial score (nSPS) is 14.0. The number of methoxy groups -OCH3 is 2. The summed E-state index contributed by atoms with van der Waals surface area (Å²) in [6.45, 7) is 0.0261. The third-order valence-corrected chi connectivity index (χ3v) is 4.90. The molecule has 142 valence electrons. The molecular weight excluding hydrogens is 370 g/mol. The van der Waals surface area contributed by atoms with Crippen LogP contribution in [0.2, 0.25) is 0 Å². The molecule has 2 heterocycles. The summed E-state index contributed by atoms with van der Waals surface area (Å²) in [6, 6.07) is 5.56. The fourth-order valence-electron chi connectivity index (χ4n) is 2.59. The topological polar surface area (TPSA) is 90.3 Å². The molecule has 1 amide bonds. The number of rotatable bonds is 6. The molecule has 2 aromatic rings. The summed E-state index contributed by atoms with van der Waals surface area (Å²) in [5, 5.41) is 7.66. The number of thiazole rings is 1. The number of para-hydroxylation sites is 1. The number of benzene rings is 1. The lowest BCUT2D eigenvalue weighted by atomic mass is 10.2. The number of esters is 1. The van der Waals surface area contributed by atoms with Crippen LogP contribution in [0.5, 0.6) is 11.5 Å². The number of nitrogens with zero attached hydrogens (tertiary/aromatic N) is 3. The first-order valence-corrected chi connectivity index (χ1v) is 9.08. The molecule has 0 atom stereocenters. The van der Waals surface area contributed by atoms with Crippen molar-refractivity contribution in [2.75, 3.05) is 21.3 Å². The second kappa shape index (κ2) is 8.17. The van der Waals surface area contributed by atoms with Crippen LogP contribution in [-0.2, 0) is 20.9 Å². The van der Waals surface area contributed by atoms with Crippen molar-refractivity contribution in [3.05, 3.63) is 29.3 Å². The van der Waals surface area contributed by atoms with Gasteiger partial charge in [0.25, 0.3) is 0 Å². The van der Waals surface area contributed by atoms with E-state index >= 15 is 0 Å². The van der Waals surface area contributed by atoms with Gasteiger partial charge in [-0.25, -0.2) is 14.8 Å². The highest BCUT2D eigenvalue weighted by molar-refractivity contribution is 7.13. The lowest BCUT2D eigenvalue weighted by molar-refractivity contribution is -0.137. The molecule has 0 aliphatic carbocycles. The molecule has 0 N–H and O–H groups in total. The van der Waals surface area contributed by atoms with E-state index < -0.39 is 5.97 Å². The molecule has 9 heteroatoms. The van der Waals surface area contributed by atoms with Crippen LogP contribution in [0.4, 0.5) is 0 Å². The number of amides is 1. The van der Waals surface area contributed by atoms with Gasteiger partial charge in [0, 0.05) is 25.3 Å². The van der Waals surface area contributed by atoms with E-state index in [4.69, 9.17) is 14.2 Å². The molecule has 0 spiro atoms. The number of hydrazone groups is 1. The third kappa shape index (κ3) is 4.08. The van der Waals surface area contributed by atoms with Gasteiger partial charge in [-0.3, -0.25) is 4.79 Å². The SMILES string of the molecule is COc1cccc(-c2nc(COC(=O)C3=NN(C)C(=O)CC3)cs2)c1OC. The fraction of sp³-hybridized carbons (Fsp3) is 0.333. The van der Waals surface area contributed by atoms with Gasteiger partial charge in [0.05, 0.1) is 25.5 Å². The largest absolute Gasteiger partial charge is 0.493 e. The van der Waals surface area contributed by atoms with E-state index in [0.29, 0.717) is 17.2 Å². The minimum atomic E-state index is -0.539. The Balaban J connectivity index is 1.70. The Morgan fingerprint density at radius 2 is 2.07 bits per heavy atom. The molecule has 0 fully saturated rings. The highest BCUT2D eigenvalue weighted by Gasteiger charge is 2.23. The van der Waals surface area contributed by atoms with Crippen LogP contribution >= 0.6 is 11.3 Å². The minimum absolute atomic E-state index is 0.0261. The second-order valence-electron chi connectivity index (χ2n) is 5.73. The fourth-order valence-corrected chi connectivity index (χ4v) is 3.42. The maximum Gasteiger partial charge on any atom is 0.354 e. The van der Waals surface area contributed by atoms with Crippen LogP contribution in [0.3, 0.4) is 0 Å². The lowest BCUT2D eigenvalue weighted by Crippen LogP contribution is -2.32. The van der Waals surface area contributed by atoms with Crippen molar-refractivity contribution in [3.63, 3.8) is 0 Å². The summed E-state index contributed by atoms with van der Waals surface area (Å²) < 4.78 is 16.0. The molecule has 0 unspecified atom stereocenters. The zero-order chi connectivity index (χ0) is 19.4. The summed E-state index contributed by atoms with van der Waals surface area (Å²) in [7, 11) is 4.67. The van der Waals surface area contributed by atoms with Gasteiger partial charge in [0.1, 0.15) is 17.3 Å². The predicted octanol–water partition coefficient (Wildman–Crippen LogP) is 2.48. The molecule has 1 aliphatic rings. The summed E-state index contributed by atoms with van der Waals surface area (Å²) in [5.41, 5.74) is 1.66. The highest BCUT2D eigenvalue weighted by Crippen LogP contribution is 2.39. The Bertz CT molecular complexity index is 893. The number of carbonyl (C=O) groups excluding carboxylic acids is 2. The maximum atomic E-state index is 12.1. The Labute approximate surface area is 160 Å². The predicted molar refractivity (Wildman–Crippen MR) is 99.9 cm³/mol. The molecule has 1 aromatic carbocycles. The van der Waals surface area contributed by atoms with Crippen molar-refractivity contribution in [2.45, 2.75) is 19.4 Å². The van der Waals surface area contributed by atoms with Crippen molar-refractivity contribution in [2.24, 2.45) is 5.10 Å². The summed E-state index contributed by atoms with van der Waals surface area (Å²) >= 11 is 1.42. The Morgan fingerprint density at radius 3 is 2.78 bits per heavy atom. The average Bonchev–Trinajstić information content (AvgIpc) is 3.16. The standard InChI is InChI=1S/C18H19N3O5S/c1-21-15(22)8-7-13(20-21)18(23)26-9-11-10-27-17(19-11)12-5-4-6-14(24-2)16(12)25-3/h4-6,10H,7-9H2,1-3H3. The van der Waals surface area contributed by atoms with E-state index in [1.165, 1.54) is 18.4 Å². The smallest absolute Gasteiger partial charge is 0.354 e. The molecule has 0 saturated heterocycles. The molecule has 0 radical (unpaired) electrons. The van der Waals surface area contributed by atoms with Crippen LogP contribution in [0.15, 0.2) is 28.7 Å². The van der Waals surface area contributed by atoms with E-state index in [1.54, 1.807) is 14.2 Å². The van der Waals surface area contributed by atoms with Crippen molar-refractivity contribution < 1.29 is 23.8 Å². The van der Waals surface area contributed by atoms with Crippen LogP contribution in [0.1, 0.15) is 18.5 Å². The van der Waals surface area contributed by atoms with Gasteiger partial charge in [0.15, 0.2) is 11.5 Å². The van der Waals surface area contributed by atoms with Gasteiger partial charge in [-0.05, 0) is 12.1 Å².